The predicted octanol–water partition coefficient (Wildman–Crippen LogP) is 8.90. The van der Waals surface area contributed by atoms with Gasteiger partial charge in [0.05, 0.1) is 0 Å². The van der Waals surface area contributed by atoms with Crippen LogP contribution in [0.2, 0.25) is 0 Å². The molecule has 2 nitrogen and oxygen atoms in total. The number of furan rings is 1. The second kappa shape index (κ2) is 13.1. The standard InChI is InChI=1S/C54H35BGeO2/c1-4-17-36(18-5-1)37-19-14-20-38(33-37)42-25-15-27-44-45-28-16-26-43(54(45)58-53(42)44)39-34-49-52-51(35-39)57-50-32-13-11-30-47(50)55(52)46-29-10-12-31-48(46)56(49,40-21-6-2-7-22-40)41-23-8-3-9-24-41/h1-35H. The molecule has 0 bridgehead atoms. The van der Waals surface area contributed by atoms with Gasteiger partial charge in [-0.25, -0.2) is 0 Å². The summed E-state index contributed by atoms with van der Waals surface area (Å²) in [4.78, 5) is 0. The average molecular weight is 799 g/mol. The van der Waals surface area contributed by atoms with Gasteiger partial charge in [-0.05, 0) is 0 Å². The molecule has 0 N–H and O–H groups in total. The molecule has 0 radical (unpaired) electrons. The zero-order valence-electron chi connectivity index (χ0n) is 31.6. The second-order valence-electron chi connectivity index (χ2n) is 15.5. The molecule has 0 aliphatic carbocycles. The van der Waals surface area contributed by atoms with E-state index in [0.29, 0.717) is 0 Å². The van der Waals surface area contributed by atoms with Crippen LogP contribution in [0, 0.1) is 0 Å². The summed E-state index contributed by atoms with van der Waals surface area (Å²) in [7, 11) is 0. The number of benzene rings is 9. The molecule has 0 spiro atoms. The van der Waals surface area contributed by atoms with Crippen LogP contribution in [0.15, 0.2) is 217 Å². The maximum Gasteiger partial charge on any atom is -0.0544 e. The number of fused-ring (bicyclic) bond motifs is 7. The van der Waals surface area contributed by atoms with Gasteiger partial charge in [-0.1, -0.05) is 30.3 Å². The Morgan fingerprint density at radius 3 is 1.62 bits per heavy atom. The summed E-state index contributed by atoms with van der Waals surface area (Å²) < 4.78 is 19.9. The number of rotatable bonds is 5. The Bertz CT molecular complexity index is 3170. The topological polar surface area (TPSA) is 22.4 Å². The summed E-state index contributed by atoms with van der Waals surface area (Å²) in [6.07, 6.45) is 0. The molecule has 0 saturated carbocycles. The molecule has 9 aromatic carbocycles. The van der Waals surface area contributed by atoms with Crippen molar-refractivity contribution in [1.82, 2.24) is 0 Å². The van der Waals surface area contributed by atoms with Crippen molar-refractivity contribution in [2.75, 3.05) is 0 Å². The normalized spacial score (nSPS) is 13.4. The third kappa shape index (κ3) is 4.87. The quantitative estimate of drug-likeness (QED) is 0.163. The first-order valence-corrected chi connectivity index (χ1v) is 24.2. The van der Waals surface area contributed by atoms with E-state index in [0.717, 1.165) is 55.7 Å². The van der Waals surface area contributed by atoms with Crippen LogP contribution in [-0.2, 0) is 0 Å². The monoisotopic (exact) mass is 800 g/mol. The molecule has 270 valence electrons. The second-order valence-corrected chi connectivity index (χ2v) is 23.3. The third-order valence-corrected chi connectivity index (χ3v) is 22.7. The fourth-order valence-electron chi connectivity index (χ4n) is 10.1. The maximum atomic E-state index is 7.13. The molecule has 1 aromatic heterocycles. The van der Waals surface area contributed by atoms with Gasteiger partial charge in [0.1, 0.15) is 0 Å². The molecule has 0 unspecified atom stereocenters. The van der Waals surface area contributed by atoms with Crippen LogP contribution in [0.5, 0.6) is 11.5 Å². The largest absolute Gasteiger partial charge is 0.0617 e. The summed E-state index contributed by atoms with van der Waals surface area (Å²) in [5.41, 5.74) is 12.4. The van der Waals surface area contributed by atoms with Crippen molar-refractivity contribution in [3.63, 3.8) is 0 Å². The number of hydrogen-bond acceptors (Lipinski definition) is 2. The van der Waals surface area contributed by atoms with E-state index in [2.05, 4.69) is 212 Å². The first-order chi connectivity index (χ1) is 28.8. The Labute approximate surface area is 340 Å². The van der Waals surface area contributed by atoms with Gasteiger partial charge in [0.15, 0.2) is 0 Å². The molecule has 3 heterocycles. The van der Waals surface area contributed by atoms with Gasteiger partial charge in [0, 0.05) is 0 Å². The molecule has 2 aliphatic heterocycles. The van der Waals surface area contributed by atoms with E-state index in [4.69, 9.17) is 9.15 Å². The van der Waals surface area contributed by atoms with Crippen LogP contribution < -0.4 is 38.7 Å². The van der Waals surface area contributed by atoms with Crippen molar-refractivity contribution in [1.29, 1.82) is 0 Å². The molecular weight excluding hydrogens is 764 g/mol. The van der Waals surface area contributed by atoms with E-state index in [9.17, 15) is 0 Å². The minimum Gasteiger partial charge on any atom is -0.0617 e. The summed E-state index contributed by atoms with van der Waals surface area (Å²) in [6, 6.07) is 77.8. The predicted molar refractivity (Wildman–Crippen MR) is 245 cm³/mol. The van der Waals surface area contributed by atoms with Gasteiger partial charge in [-0.2, -0.15) is 0 Å². The zero-order valence-corrected chi connectivity index (χ0v) is 33.7. The minimum absolute atomic E-state index is 0.0579. The van der Waals surface area contributed by atoms with Gasteiger partial charge < -0.3 is 0 Å². The molecule has 4 heteroatoms. The van der Waals surface area contributed by atoms with E-state index in [1.165, 1.54) is 45.1 Å². The summed E-state index contributed by atoms with van der Waals surface area (Å²) in [6.45, 7) is 0.0579. The Hall–Kier alpha value is -6.81. The Morgan fingerprint density at radius 1 is 0.362 bits per heavy atom. The Morgan fingerprint density at radius 2 is 0.914 bits per heavy atom. The van der Waals surface area contributed by atoms with Crippen LogP contribution in [0.3, 0.4) is 0 Å². The first kappa shape index (κ1) is 33.3. The Balaban J connectivity index is 1.14. The van der Waals surface area contributed by atoms with Gasteiger partial charge in [-0.15, -0.1) is 0 Å². The van der Waals surface area contributed by atoms with Gasteiger partial charge in [0.2, 0.25) is 0 Å². The average Bonchev–Trinajstić information content (AvgIpc) is 3.69. The van der Waals surface area contributed by atoms with Crippen molar-refractivity contribution in [3.8, 4) is 44.9 Å². The SMILES string of the molecule is c1ccc(-c2cccc(-c3cccc4c3oc3c(-c5cc6c7[c](c5)[Ge]([c]5ccccc5)([c]5ccccc5)[c]5ccccc5B7c5ccccc5O6)cccc34)c2)cc1. The van der Waals surface area contributed by atoms with E-state index in [1.54, 1.807) is 0 Å². The summed E-state index contributed by atoms with van der Waals surface area (Å²) in [5.74, 6) is 1.85. The number of para-hydroxylation sites is 3. The summed E-state index contributed by atoms with van der Waals surface area (Å²) in [5, 5.41) is 2.21. The van der Waals surface area contributed by atoms with Crippen LogP contribution in [0.25, 0.3) is 55.3 Å². The fraction of sp³-hybridized carbons (Fsp3) is 0. The smallest absolute Gasteiger partial charge is 0.0544 e. The van der Waals surface area contributed by atoms with E-state index < -0.39 is 13.3 Å². The Kier molecular flexibility index (Phi) is 7.54. The molecular formula is C54H35BGeO2. The van der Waals surface area contributed by atoms with Crippen molar-refractivity contribution in [2.45, 2.75) is 0 Å². The molecule has 0 fully saturated rings. The maximum absolute atomic E-state index is 7.13. The van der Waals surface area contributed by atoms with Crippen LogP contribution in [-0.4, -0.2) is 20.0 Å². The van der Waals surface area contributed by atoms with E-state index in [-0.39, 0.29) is 6.71 Å². The molecule has 58 heavy (non-hydrogen) atoms. The van der Waals surface area contributed by atoms with E-state index >= 15 is 0 Å². The van der Waals surface area contributed by atoms with Gasteiger partial charge in [-0.3, -0.25) is 0 Å². The van der Waals surface area contributed by atoms with Crippen molar-refractivity contribution < 1.29 is 9.15 Å². The minimum atomic E-state index is -3.72. The fourth-order valence-corrected chi connectivity index (χ4v) is 21.2. The van der Waals surface area contributed by atoms with E-state index in [1.807, 2.05) is 0 Å². The van der Waals surface area contributed by atoms with Crippen LogP contribution >= 0.6 is 0 Å². The first-order valence-electron chi connectivity index (χ1n) is 20.0. The molecule has 2 aliphatic rings. The number of ether oxygens (including phenoxy) is 1. The van der Waals surface area contributed by atoms with Crippen molar-refractivity contribution >= 4 is 75.9 Å². The van der Waals surface area contributed by atoms with Crippen molar-refractivity contribution in [3.05, 3.63) is 212 Å². The van der Waals surface area contributed by atoms with Crippen molar-refractivity contribution in [2.24, 2.45) is 0 Å². The molecule has 10 aromatic rings. The number of hydrogen-bond donors (Lipinski definition) is 0. The molecule has 0 amide bonds. The van der Waals surface area contributed by atoms with Crippen LogP contribution in [0.4, 0.5) is 0 Å². The molecule has 12 rings (SSSR count). The zero-order chi connectivity index (χ0) is 38.2. The summed E-state index contributed by atoms with van der Waals surface area (Å²) >= 11 is -3.72. The third-order valence-electron chi connectivity index (χ3n) is 12.5. The van der Waals surface area contributed by atoms with Gasteiger partial charge in [0.25, 0.3) is 0 Å². The molecule has 0 saturated heterocycles. The molecule has 0 atom stereocenters. The van der Waals surface area contributed by atoms with Gasteiger partial charge >= 0.3 is 312 Å². The van der Waals surface area contributed by atoms with Crippen LogP contribution in [0.1, 0.15) is 0 Å².